The van der Waals surface area contributed by atoms with Crippen molar-refractivity contribution in [3.05, 3.63) is 94.6 Å². The minimum atomic E-state index is -3.36. The number of aromatic nitrogens is 3. The fraction of sp³-hybridized carbons (Fsp3) is 0.296. The largest absolute Gasteiger partial charge is 0.387 e. The number of carbonyl (C=O) groups is 1. The highest BCUT2D eigenvalue weighted by atomic mass is 19.3. The molecule has 0 spiro atoms. The maximum atomic E-state index is 13.9. The van der Waals surface area contributed by atoms with E-state index < -0.39 is 29.1 Å². The van der Waals surface area contributed by atoms with E-state index in [-0.39, 0.29) is 18.0 Å². The van der Waals surface area contributed by atoms with Gasteiger partial charge in [-0.2, -0.15) is 8.78 Å². The monoisotopic (exact) mass is 514 g/mol. The normalized spacial score (nSPS) is 13.1. The molecule has 37 heavy (non-hydrogen) atoms. The van der Waals surface area contributed by atoms with Crippen molar-refractivity contribution in [2.24, 2.45) is 0 Å². The van der Waals surface area contributed by atoms with Gasteiger partial charge in [-0.05, 0) is 48.4 Å². The molecule has 3 aromatic carbocycles. The van der Waals surface area contributed by atoms with Crippen molar-refractivity contribution in [1.82, 2.24) is 20.3 Å². The lowest BCUT2D eigenvalue weighted by Crippen LogP contribution is -2.28. The van der Waals surface area contributed by atoms with Crippen LogP contribution in [0.3, 0.4) is 0 Å². The second-order valence-electron chi connectivity index (χ2n) is 9.67. The first-order chi connectivity index (χ1) is 17.4. The Kier molecular flexibility index (Phi) is 7.05. The zero-order valence-electron chi connectivity index (χ0n) is 20.5. The predicted octanol–water partition coefficient (Wildman–Crippen LogP) is 5.09. The summed E-state index contributed by atoms with van der Waals surface area (Å²) >= 11 is 0. The highest BCUT2D eigenvalue weighted by Gasteiger charge is 2.37. The molecule has 4 rings (SSSR count). The molecule has 194 valence electrons. The summed E-state index contributed by atoms with van der Waals surface area (Å²) in [4.78, 5) is 12.7. The number of fused-ring (bicyclic) bond motifs is 1. The second kappa shape index (κ2) is 9.93. The SMILES string of the molecule is C[C@H](O)C(F)(F)c1ccc(CNC(=O)c2ccc3c(c2)nnn3CC(C)(C)c2cc(F)cc(F)c2)cc1. The summed E-state index contributed by atoms with van der Waals surface area (Å²) in [6.45, 7) is 5.11. The van der Waals surface area contributed by atoms with Crippen molar-refractivity contribution < 1.29 is 27.5 Å². The van der Waals surface area contributed by atoms with Gasteiger partial charge in [0.2, 0.25) is 0 Å². The number of benzene rings is 3. The van der Waals surface area contributed by atoms with Gasteiger partial charge in [-0.25, -0.2) is 13.5 Å². The van der Waals surface area contributed by atoms with Gasteiger partial charge < -0.3 is 10.4 Å². The standard InChI is InChI=1S/C27H26F4N4O2/c1-16(36)27(30,31)19-7-4-17(5-8-19)14-32-25(37)18-6-9-24-23(10-18)33-34-35(24)15-26(2,3)20-11-21(28)13-22(29)12-20/h4-13,16,36H,14-15H2,1-3H3,(H,32,37)/t16-/m0/s1. The van der Waals surface area contributed by atoms with Crippen LogP contribution in [-0.4, -0.2) is 32.1 Å². The van der Waals surface area contributed by atoms with Gasteiger partial charge in [0.05, 0.1) is 12.1 Å². The minimum Gasteiger partial charge on any atom is -0.387 e. The lowest BCUT2D eigenvalue weighted by atomic mass is 9.84. The number of amides is 1. The second-order valence-corrected chi connectivity index (χ2v) is 9.67. The van der Waals surface area contributed by atoms with Crippen LogP contribution >= 0.6 is 0 Å². The van der Waals surface area contributed by atoms with Gasteiger partial charge in [0.25, 0.3) is 11.8 Å². The Hall–Kier alpha value is -3.79. The third-order valence-corrected chi connectivity index (χ3v) is 6.28. The minimum absolute atomic E-state index is 0.114. The molecule has 0 aliphatic heterocycles. The van der Waals surface area contributed by atoms with Gasteiger partial charge in [-0.3, -0.25) is 4.79 Å². The number of halogens is 4. The van der Waals surface area contributed by atoms with Crippen molar-refractivity contribution >= 4 is 16.9 Å². The van der Waals surface area contributed by atoms with Gasteiger partial charge in [0, 0.05) is 29.2 Å². The zero-order valence-corrected chi connectivity index (χ0v) is 20.5. The molecule has 1 aromatic heterocycles. The molecule has 6 nitrogen and oxygen atoms in total. The van der Waals surface area contributed by atoms with E-state index in [9.17, 15) is 27.5 Å². The number of nitrogens with one attached hydrogen (secondary N) is 1. The van der Waals surface area contributed by atoms with Crippen LogP contribution in [-0.2, 0) is 24.4 Å². The highest BCUT2D eigenvalue weighted by Crippen LogP contribution is 2.32. The quantitative estimate of drug-likeness (QED) is 0.321. The fourth-order valence-corrected chi connectivity index (χ4v) is 4.01. The van der Waals surface area contributed by atoms with E-state index in [1.54, 1.807) is 22.9 Å². The molecular formula is C27H26F4N4O2. The third kappa shape index (κ3) is 5.64. The molecule has 2 N–H and O–H groups in total. The van der Waals surface area contributed by atoms with Crippen LogP contribution in [0.5, 0.6) is 0 Å². The highest BCUT2D eigenvalue weighted by molar-refractivity contribution is 5.97. The predicted molar refractivity (Wildman–Crippen MR) is 130 cm³/mol. The number of nitrogens with zero attached hydrogens (tertiary/aromatic N) is 3. The summed E-state index contributed by atoms with van der Waals surface area (Å²) in [5, 5.41) is 20.3. The maximum Gasteiger partial charge on any atom is 0.298 e. The first-order valence-corrected chi connectivity index (χ1v) is 11.6. The van der Waals surface area contributed by atoms with Crippen molar-refractivity contribution in [3.63, 3.8) is 0 Å². The Bertz CT molecular complexity index is 1410. The van der Waals surface area contributed by atoms with Crippen LogP contribution in [0.4, 0.5) is 17.6 Å². The van der Waals surface area contributed by atoms with Crippen LogP contribution in [0.15, 0.2) is 60.7 Å². The van der Waals surface area contributed by atoms with E-state index >= 15 is 0 Å². The first-order valence-electron chi connectivity index (χ1n) is 11.6. The molecule has 10 heteroatoms. The van der Waals surface area contributed by atoms with Gasteiger partial charge in [-0.15, -0.1) is 5.10 Å². The molecule has 0 bridgehead atoms. The summed E-state index contributed by atoms with van der Waals surface area (Å²) in [7, 11) is 0. The van der Waals surface area contributed by atoms with E-state index in [2.05, 4.69) is 15.6 Å². The summed E-state index contributed by atoms with van der Waals surface area (Å²) in [5.74, 6) is -5.06. The van der Waals surface area contributed by atoms with Gasteiger partial charge in [-0.1, -0.05) is 43.3 Å². The van der Waals surface area contributed by atoms with Crippen LogP contribution in [0, 0.1) is 11.6 Å². The van der Waals surface area contributed by atoms with E-state index in [1.165, 1.54) is 36.4 Å². The topological polar surface area (TPSA) is 80.0 Å². The van der Waals surface area contributed by atoms with E-state index in [4.69, 9.17) is 0 Å². The summed E-state index contributed by atoms with van der Waals surface area (Å²) in [5.41, 5.74) is 1.58. The van der Waals surface area contributed by atoms with Crippen molar-refractivity contribution in [1.29, 1.82) is 0 Å². The summed E-state index contributed by atoms with van der Waals surface area (Å²) in [6, 6.07) is 13.7. The molecule has 0 aliphatic rings. The number of hydrogen-bond acceptors (Lipinski definition) is 4. The summed E-state index contributed by atoms with van der Waals surface area (Å²) in [6.07, 6.45) is -1.82. The van der Waals surface area contributed by atoms with Crippen molar-refractivity contribution in [3.8, 4) is 0 Å². The molecule has 1 amide bonds. The Labute approximate surface area is 210 Å². The maximum absolute atomic E-state index is 13.9. The Morgan fingerprint density at radius 2 is 1.65 bits per heavy atom. The molecule has 0 unspecified atom stereocenters. The Balaban J connectivity index is 1.45. The molecule has 0 fully saturated rings. The number of aliphatic hydroxyl groups excluding tert-OH is 1. The summed E-state index contributed by atoms with van der Waals surface area (Å²) < 4.78 is 56.9. The molecule has 1 atom stereocenters. The number of rotatable bonds is 8. The fourth-order valence-electron chi connectivity index (χ4n) is 4.01. The van der Waals surface area contributed by atoms with Crippen LogP contribution in [0.1, 0.15) is 47.8 Å². The lowest BCUT2D eigenvalue weighted by molar-refractivity contribution is -0.106. The van der Waals surface area contributed by atoms with Gasteiger partial charge >= 0.3 is 0 Å². The Morgan fingerprint density at radius 1 is 1.00 bits per heavy atom. The molecule has 0 radical (unpaired) electrons. The van der Waals surface area contributed by atoms with Gasteiger partial charge in [0.1, 0.15) is 23.3 Å². The first kappa shape index (κ1) is 26.3. The van der Waals surface area contributed by atoms with Crippen molar-refractivity contribution in [2.75, 3.05) is 0 Å². The molecule has 0 saturated heterocycles. The number of alkyl halides is 2. The third-order valence-electron chi connectivity index (χ3n) is 6.28. The number of aliphatic hydroxyl groups is 1. The van der Waals surface area contributed by atoms with Crippen LogP contribution < -0.4 is 5.32 Å². The zero-order chi connectivity index (χ0) is 27.0. The van der Waals surface area contributed by atoms with E-state index in [0.29, 0.717) is 34.3 Å². The van der Waals surface area contributed by atoms with Crippen molar-refractivity contribution in [2.45, 2.75) is 51.3 Å². The molecule has 4 aromatic rings. The molecule has 0 aliphatic carbocycles. The van der Waals surface area contributed by atoms with Crippen LogP contribution in [0.2, 0.25) is 0 Å². The molecule has 1 heterocycles. The average molecular weight is 515 g/mol. The van der Waals surface area contributed by atoms with E-state index in [1.807, 2.05) is 13.8 Å². The smallest absolute Gasteiger partial charge is 0.298 e. The van der Waals surface area contributed by atoms with E-state index in [0.717, 1.165) is 13.0 Å². The number of carbonyl (C=O) groups excluding carboxylic acids is 1. The van der Waals surface area contributed by atoms with Gasteiger partial charge in [0.15, 0.2) is 0 Å². The number of hydrogen-bond donors (Lipinski definition) is 2. The molecule has 0 saturated carbocycles. The molecular weight excluding hydrogens is 488 g/mol. The average Bonchev–Trinajstić information content (AvgIpc) is 3.23. The van der Waals surface area contributed by atoms with Crippen LogP contribution in [0.25, 0.3) is 11.0 Å². The lowest BCUT2D eigenvalue weighted by Gasteiger charge is -2.25. The Morgan fingerprint density at radius 3 is 2.27 bits per heavy atom.